The van der Waals surface area contributed by atoms with Crippen LogP contribution in [0.25, 0.3) is 0 Å². The number of ether oxygens (including phenoxy) is 1. The van der Waals surface area contributed by atoms with Crippen molar-refractivity contribution in [1.29, 1.82) is 0 Å². The zero-order valence-corrected chi connectivity index (χ0v) is 19.5. The van der Waals surface area contributed by atoms with Gasteiger partial charge in [-0.15, -0.1) is 0 Å². The minimum absolute atomic E-state index is 0.0774. The maximum absolute atomic E-state index is 12.9. The van der Waals surface area contributed by atoms with Crippen molar-refractivity contribution in [3.63, 3.8) is 0 Å². The molecule has 1 rings (SSSR count). The van der Waals surface area contributed by atoms with Gasteiger partial charge in [-0.05, 0) is 55.4 Å². The van der Waals surface area contributed by atoms with Crippen LogP contribution in [0.1, 0.15) is 119 Å². The highest BCUT2D eigenvalue weighted by Gasteiger charge is 2.27. The quantitative estimate of drug-likeness (QED) is 0.223. The second-order valence-corrected chi connectivity index (χ2v) is 8.52. The second kappa shape index (κ2) is 15.0. The number of carboxylic acids is 1. The Kier molecular flexibility index (Phi) is 13.1. The summed E-state index contributed by atoms with van der Waals surface area (Å²) in [5, 5.41) is 9.07. The number of benzene rings is 1. The third-order valence-electron chi connectivity index (χ3n) is 6.08. The smallest absolute Gasteiger partial charge is 0.338 e. The van der Waals surface area contributed by atoms with Gasteiger partial charge in [-0.1, -0.05) is 79.1 Å². The molecule has 4 heteroatoms. The maximum atomic E-state index is 12.9. The Morgan fingerprint density at radius 3 is 2.00 bits per heavy atom. The van der Waals surface area contributed by atoms with Gasteiger partial charge in [0.2, 0.25) is 0 Å². The van der Waals surface area contributed by atoms with Gasteiger partial charge in [0.1, 0.15) is 6.10 Å². The van der Waals surface area contributed by atoms with E-state index >= 15 is 0 Å². The van der Waals surface area contributed by atoms with E-state index in [4.69, 9.17) is 9.84 Å². The Morgan fingerprint density at radius 2 is 1.47 bits per heavy atom. The Balaban J connectivity index is 2.94. The molecule has 4 nitrogen and oxygen atoms in total. The lowest BCUT2D eigenvalue weighted by molar-refractivity contribution is 0.00189. The topological polar surface area (TPSA) is 63.6 Å². The van der Waals surface area contributed by atoms with Crippen LogP contribution in [-0.4, -0.2) is 23.1 Å². The van der Waals surface area contributed by atoms with Crippen molar-refractivity contribution in [2.45, 2.75) is 104 Å². The Morgan fingerprint density at radius 1 is 0.833 bits per heavy atom. The number of carbonyl (C=O) groups is 2. The van der Waals surface area contributed by atoms with Gasteiger partial charge in [0, 0.05) is 0 Å². The third-order valence-corrected chi connectivity index (χ3v) is 6.08. The van der Waals surface area contributed by atoms with Gasteiger partial charge >= 0.3 is 11.9 Å². The van der Waals surface area contributed by atoms with Crippen LogP contribution < -0.4 is 0 Å². The molecule has 0 aliphatic rings. The highest BCUT2D eigenvalue weighted by Crippen LogP contribution is 2.30. The lowest BCUT2D eigenvalue weighted by atomic mass is 9.84. The van der Waals surface area contributed by atoms with Crippen LogP contribution in [0.3, 0.4) is 0 Å². The molecule has 3 unspecified atom stereocenters. The van der Waals surface area contributed by atoms with Crippen molar-refractivity contribution >= 4 is 11.9 Å². The molecule has 0 heterocycles. The van der Waals surface area contributed by atoms with Crippen molar-refractivity contribution < 1.29 is 19.4 Å². The average molecular weight is 419 g/mol. The zero-order valence-electron chi connectivity index (χ0n) is 19.5. The number of esters is 1. The summed E-state index contributed by atoms with van der Waals surface area (Å²) in [4.78, 5) is 23.9. The first kappa shape index (κ1) is 26.2. The predicted octanol–water partition coefficient (Wildman–Crippen LogP) is 7.51. The molecule has 0 bridgehead atoms. The number of carbonyl (C=O) groups excluding carboxylic acids is 1. The fourth-order valence-corrected chi connectivity index (χ4v) is 4.21. The summed E-state index contributed by atoms with van der Waals surface area (Å²) in [6.07, 6.45) is 12.5. The van der Waals surface area contributed by atoms with Crippen LogP contribution in [0.15, 0.2) is 24.3 Å². The van der Waals surface area contributed by atoms with Crippen LogP contribution in [0.2, 0.25) is 0 Å². The fourth-order valence-electron chi connectivity index (χ4n) is 4.21. The molecule has 0 aromatic heterocycles. The summed E-state index contributed by atoms with van der Waals surface area (Å²) in [5.74, 6) is -0.370. The number of hydrogen-bond donors (Lipinski definition) is 1. The molecule has 0 amide bonds. The van der Waals surface area contributed by atoms with Crippen molar-refractivity contribution in [3.05, 3.63) is 35.4 Å². The first-order valence-corrected chi connectivity index (χ1v) is 12.0. The predicted molar refractivity (Wildman–Crippen MR) is 123 cm³/mol. The molecular weight excluding hydrogens is 376 g/mol. The Hall–Kier alpha value is -1.84. The summed E-state index contributed by atoms with van der Waals surface area (Å²) in [5.41, 5.74) is 0.602. The summed E-state index contributed by atoms with van der Waals surface area (Å²) in [6, 6.07) is 6.04. The third kappa shape index (κ3) is 9.32. The summed E-state index contributed by atoms with van der Waals surface area (Å²) in [7, 11) is 0. The van der Waals surface area contributed by atoms with E-state index in [0.29, 0.717) is 17.4 Å². The monoisotopic (exact) mass is 418 g/mol. The molecule has 3 atom stereocenters. The SMILES string of the molecule is CCCCCC(CCC)CC(OC(=O)c1ccc(C(=O)O)cc1)C(CC)CCCC. The molecular formula is C26H42O4. The summed E-state index contributed by atoms with van der Waals surface area (Å²) in [6.45, 7) is 8.84. The molecule has 0 radical (unpaired) electrons. The molecule has 0 fully saturated rings. The minimum atomic E-state index is -0.993. The molecule has 0 saturated carbocycles. The van der Waals surface area contributed by atoms with Gasteiger partial charge in [-0.3, -0.25) is 0 Å². The highest BCUT2D eigenvalue weighted by molar-refractivity contribution is 5.92. The van der Waals surface area contributed by atoms with Gasteiger partial charge < -0.3 is 9.84 Å². The molecule has 0 aliphatic heterocycles. The van der Waals surface area contributed by atoms with E-state index in [1.165, 1.54) is 44.2 Å². The largest absolute Gasteiger partial charge is 0.478 e. The van der Waals surface area contributed by atoms with Gasteiger partial charge in [-0.2, -0.15) is 0 Å². The van der Waals surface area contributed by atoms with Gasteiger partial charge in [-0.25, -0.2) is 9.59 Å². The van der Waals surface area contributed by atoms with Crippen molar-refractivity contribution in [3.8, 4) is 0 Å². The molecule has 1 N–H and O–H groups in total. The van der Waals surface area contributed by atoms with E-state index in [9.17, 15) is 9.59 Å². The van der Waals surface area contributed by atoms with Crippen LogP contribution in [0.5, 0.6) is 0 Å². The van der Waals surface area contributed by atoms with Crippen molar-refractivity contribution in [2.75, 3.05) is 0 Å². The minimum Gasteiger partial charge on any atom is -0.478 e. The molecule has 0 saturated heterocycles. The molecule has 1 aromatic carbocycles. The van der Waals surface area contributed by atoms with Gasteiger partial charge in [0.15, 0.2) is 0 Å². The maximum Gasteiger partial charge on any atom is 0.338 e. The van der Waals surface area contributed by atoms with E-state index < -0.39 is 5.97 Å². The van der Waals surface area contributed by atoms with Crippen molar-refractivity contribution in [1.82, 2.24) is 0 Å². The number of rotatable bonds is 16. The first-order valence-electron chi connectivity index (χ1n) is 12.0. The van der Waals surface area contributed by atoms with Crippen molar-refractivity contribution in [2.24, 2.45) is 11.8 Å². The van der Waals surface area contributed by atoms with E-state index in [0.717, 1.165) is 38.5 Å². The fraction of sp³-hybridized carbons (Fsp3) is 0.692. The average Bonchev–Trinajstić information content (AvgIpc) is 2.74. The van der Waals surface area contributed by atoms with E-state index in [1.54, 1.807) is 12.1 Å². The standard InChI is InChI=1S/C26H42O4/c1-5-9-11-13-20(12-7-3)19-24(21(8-4)14-10-6-2)30-26(29)23-17-15-22(16-18-23)25(27)28/h15-18,20-21,24H,5-14,19H2,1-4H3,(H,27,28). The lowest BCUT2D eigenvalue weighted by Crippen LogP contribution is -2.29. The van der Waals surface area contributed by atoms with E-state index in [-0.39, 0.29) is 17.6 Å². The van der Waals surface area contributed by atoms with Crippen LogP contribution in [0.4, 0.5) is 0 Å². The molecule has 0 aliphatic carbocycles. The number of carboxylic acid groups (broad SMARTS) is 1. The second-order valence-electron chi connectivity index (χ2n) is 8.52. The lowest BCUT2D eigenvalue weighted by Gasteiger charge is -2.30. The normalized spacial score (nSPS) is 14.1. The van der Waals surface area contributed by atoms with Gasteiger partial charge in [0.05, 0.1) is 11.1 Å². The number of unbranched alkanes of at least 4 members (excludes halogenated alkanes) is 3. The van der Waals surface area contributed by atoms with E-state index in [2.05, 4.69) is 27.7 Å². The molecule has 170 valence electrons. The number of hydrogen-bond acceptors (Lipinski definition) is 3. The van der Waals surface area contributed by atoms with Crippen LogP contribution in [-0.2, 0) is 4.74 Å². The molecule has 1 aromatic rings. The summed E-state index contributed by atoms with van der Waals surface area (Å²) < 4.78 is 6.08. The van der Waals surface area contributed by atoms with Crippen LogP contribution >= 0.6 is 0 Å². The Bertz CT molecular complexity index is 608. The Labute approximate surface area is 183 Å². The number of aromatic carboxylic acids is 1. The summed E-state index contributed by atoms with van der Waals surface area (Å²) >= 11 is 0. The molecule has 30 heavy (non-hydrogen) atoms. The molecule has 0 spiro atoms. The van der Waals surface area contributed by atoms with Crippen LogP contribution in [0, 0.1) is 11.8 Å². The van der Waals surface area contributed by atoms with Gasteiger partial charge in [0.25, 0.3) is 0 Å². The first-order chi connectivity index (χ1) is 14.5. The zero-order chi connectivity index (χ0) is 22.4. The van der Waals surface area contributed by atoms with E-state index in [1.807, 2.05) is 0 Å². The highest BCUT2D eigenvalue weighted by atomic mass is 16.5.